The third-order valence-electron chi connectivity index (χ3n) is 6.66. The molecule has 3 aliphatic rings. The van der Waals surface area contributed by atoms with Gasteiger partial charge in [-0.05, 0) is 56.8 Å². The van der Waals surface area contributed by atoms with Crippen molar-refractivity contribution in [3.63, 3.8) is 0 Å². The average molecular weight is 365 g/mol. The van der Waals surface area contributed by atoms with Crippen LogP contribution in [0.25, 0.3) is 0 Å². The van der Waals surface area contributed by atoms with Crippen molar-refractivity contribution in [2.45, 2.75) is 70.4 Å². The molecule has 4 N–H and O–H groups in total. The molecule has 2 amide bonds. The Morgan fingerprint density at radius 3 is 2.35 bits per heavy atom. The molecule has 1 aliphatic heterocycles. The molecule has 6 nitrogen and oxygen atoms in total. The van der Waals surface area contributed by atoms with E-state index in [0.717, 1.165) is 51.7 Å². The molecular weight excluding hydrogens is 328 g/mol. The van der Waals surface area contributed by atoms with Crippen LogP contribution < -0.4 is 16.4 Å². The van der Waals surface area contributed by atoms with Crippen LogP contribution in [0, 0.1) is 17.8 Å². The van der Waals surface area contributed by atoms with E-state index in [4.69, 9.17) is 5.73 Å². The van der Waals surface area contributed by atoms with Gasteiger partial charge in [-0.1, -0.05) is 13.3 Å². The van der Waals surface area contributed by atoms with Gasteiger partial charge in [-0.15, -0.1) is 0 Å². The van der Waals surface area contributed by atoms with Gasteiger partial charge in [0, 0.05) is 37.6 Å². The maximum atomic E-state index is 12.8. The molecule has 2 atom stereocenters. The lowest BCUT2D eigenvalue weighted by atomic mass is 9.65. The van der Waals surface area contributed by atoms with Crippen LogP contribution in [-0.2, 0) is 9.59 Å². The first kappa shape index (κ1) is 19.6. The van der Waals surface area contributed by atoms with Crippen LogP contribution in [0.1, 0.15) is 58.3 Å². The number of likely N-dealkylation sites (tertiary alicyclic amines) is 1. The molecule has 2 saturated carbocycles. The number of hydrogen-bond donors (Lipinski definition) is 3. The van der Waals surface area contributed by atoms with Crippen LogP contribution in [-0.4, -0.2) is 55.0 Å². The van der Waals surface area contributed by atoms with Gasteiger partial charge < -0.3 is 16.4 Å². The van der Waals surface area contributed by atoms with Crippen molar-refractivity contribution in [2.24, 2.45) is 23.5 Å². The minimum atomic E-state index is 0.111. The normalized spacial score (nSPS) is 32.8. The van der Waals surface area contributed by atoms with Crippen LogP contribution in [0.5, 0.6) is 0 Å². The highest BCUT2D eigenvalue weighted by atomic mass is 16.2. The summed E-state index contributed by atoms with van der Waals surface area (Å²) >= 11 is 0. The van der Waals surface area contributed by atoms with Crippen molar-refractivity contribution in [2.75, 3.05) is 26.2 Å². The maximum Gasteiger partial charge on any atom is 0.234 e. The SMILES string of the molecule is CCCNC(=O)CN1CCC(NC(=O)C2CC3CCCC(C2)C3N)CC1. The number of fused-ring (bicyclic) bond motifs is 2. The summed E-state index contributed by atoms with van der Waals surface area (Å²) in [7, 11) is 0. The van der Waals surface area contributed by atoms with Crippen LogP contribution in [0.2, 0.25) is 0 Å². The van der Waals surface area contributed by atoms with Crippen LogP contribution in [0.4, 0.5) is 0 Å². The molecular formula is C20H36N4O2. The van der Waals surface area contributed by atoms with Crippen LogP contribution in [0.3, 0.4) is 0 Å². The largest absolute Gasteiger partial charge is 0.355 e. The molecule has 0 aromatic rings. The zero-order valence-corrected chi connectivity index (χ0v) is 16.2. The van der Waals surface area contributed by atoms with E-state index in [1.165, 1.54) is 19.3 Å². The molecule has 3 rings (SSSR count). The monoisotopic (exact) mass is 364 g/mol. The molecule has 3 fully saturated rings. The number of nitrogens with one attached hydrogen (secondary N) is 2. The second-order valence-electron chi connectivity index (χ2n) is 8.61. The predicted octanol–water partition coefficient (Wildman–Crippen LogP) is 1.25. The molecule has 0 spiro atoms. The second kappa shape index (κ2) is 9.18. The molecule has 0 radical (unpaired) electrons. The smallest absolute Gasteiger partial charge is 0.234 e. The zero-order chi connectivity index (χ0) is 18.5. The molecule has 26 heavy (non-hydrogen) atoms. The third kappa shape index (κ3) is 4.97. The summed E-state index contributed by atoms with van der Waals surface area (Å²) < 4.78 is 0. The number of rotatable bonds is 6. The molecule has 2 aliphatic carbocycles. The van der Waals surface area contributed by atoms with E-state index in [1.807, 2.05) is 0 Å². The van der Waals surface area contributed by atoms with Gasteiger partial charge in [0.25, 0.3) is 0 Å². The number of piperidine rings is 1. The highest BCUT2D eigenvalue weighted by molar-refractivity contribution is 5.79. The van der Waals surface area contributed by atoms with Gasteiger partial charge >= 0.3 is 0 Å². The Hall–Kier alpha value is -1.14. The van der Waals surface area contributed by atoms with Gasteiger partial charge in [-0.3, -0.25) is 14.5 Å². The lowest BCUT2D eigenvalue weighted by Crippen LogP contribution is -2.52. The summed E-state index contributed by atoms with van der Waals surface area (Å²) in [6, 6.07) is 0.572. The Kier molecular flexibility index (Phi) is 6.92. The van der Waals surface area contributed by atoms with E-state index in [9.17, 15) is 9.59 Å². The van der Waals surface area contributed by atoms with E-state index in [1.54, 1.807) is 0 Å². The fourth-order valence-electron chi connectivity index (χ4n) is 5.08. The van der Waals surface area contributed by atoms with Crippen molar-refractivity contribution in [1.82, 2.24) is 15.5 Å². The fourth-order valence-corrected chi connectivity index (χ4v) is 5.08. The van der Waals surface area contributed by atoms with Crippen molar-refractivity contribution in [3.05, 3.63) is 0 Å². The minimum Gasteiger partial charge on any atom is -0.355 e. The van der Waals surface area contributed by atoms with Crippen molar-refractivity contribution >= 4 is 11.8 Å². The number of carbonyl (C=O) groups is 2. The molecule has 1 heterocycles. The van der Waals surface area contributed by atoms with Gasteiger partial charge in [0.2, 0.25) is 11.8 Å². The maximum absolute atomic E-state index is 12.8. The standard InChI is InChI=1S/C20H36N4O2/c1-2-8-22-18(25)13-24-9-6-17(7-10-24)23-20(26)16-11-14-4-3-5-15(12-16)19(14)21/h14-17,19H,2-13,21H2,1H3,(H,22,25)(H,23,26). The van der Waals surface area contributed by atoms with Crippen LogP contribution in [0.15, 0.2) is 0 Å². The van der Waals surface area contributed by atoms with Gasteiger partial charge in [-0.25, -0.2) is 0 Å². The molecule has 6 heteroatoms. The third-order valence-corrected chi connectivity index (χ3v) is 6.66. The van der Waals surface area contributed by atoms with Crippen LogP contribution >= 0.6 is 0 Å². The molecule has 2 bridgehead atoms. The van der Waals surface area contributed by atoms with Crippen molar-refractivity contribution < 1.29 is 9.59 Å². The Labute approximate surface area is 157 Å². The Morgan fingerprint density at radius 2 is 1.73 bits per heavy atom. The number of hydrogen-bond acceptors (Lipinski definition) is 4. The fraction of sp³-hybridized carbons (Fsp3) is 0.900. The predicted molar refractivity (Wildman–Crippen MR) is 102 cm³/mol. The van der Waals surface area contributed by atoms with E-state index in [-0.39, 0.29) is 23.8 Å². The number of nitrogens with zero attached hydrogens (tertiary/aromatic N) is 1. The van der Waals surface area contributed by atoms with Crippen molar-refractivity contribution in [3.8, 4) is 0 Å². The van der Waals surface area contributed by atoms with E-state index >= 15 is 0 Å². The Morgan fingerprint density at radius 1 is 1.08 bits per heavy atom. The van der Waals surface area contributed by atoms with E-state index < -0.39 is 0 Å². The summed E-state index contributed by atoms with van der Waals surface area (Å²) in [5.41, 5.74) is 6.35. The Bertz CT molecular complexity index is 476. The highest BCUT2D eigenvalue weighted by Crippen LogP contribution is 2.41. The molecule has 0 aromatic heterocycles. The molecule has 2 unspecified atom stereocenters. The number of carbonyl (C=O) groups excluding carboxylic acids is 2. The topological polar surface area (TPSA) is 87.5 Å². The van der Waals surface area contributed by atoms with Gasteiger partial charge in [0.15, 0.2) is 0 Å². The first-order valence-electron chi connectivity index (χ1n) is 10.6. The molecule has 148 valence electrons. The lowest BCUT2D eigenvalue weighted by molar-refractivity contribution is -0.129. The first-order chi connectivity index (χ1) is 12.6. The highest BCUT2D eigenvalue weighted by Gasteiger charge is 2.40. The summed E-state index contributed by atoms with van der Waals surface area (Å²) in [6.07, 6.45) is 8.45. The van der Waals surface area contributed by atoms with Gasteiger partial charge in [0.1, 0.15) is 0 Å². The number of amides is 2. The summed E-state index contributed by atoms with van der Waals surface area (Å²) in [4.78, 5) is 26.8. The molecule has 1 saturated heterocycles. The second-order valence-corrected chi connectivity index (χ2v) is 8.61. The average Bonchev–Trinajstić information content (AvgIpc) is 2.61. The van der Waals surface area contributed by atoms with E-state index in [2.05, 4.69) is 22.5 Å². The summed E-state index contributed by atoms with van der Waals surface area (Å²) in [5, 5.41) is 6.22. The zero-order valence-electron chi connectivity index (χ0n) is 16.2. The van der Waals surface area contributed by atoms with Gasteiger partial charge in [0.05, 0.1) is 6.54 Å². The lowest BCUT2D eigenvalue weighted by Gasteiger charge is -2.44. The Balaban J connectivity index is 1.39. The number of nitrogens with two attached hydrogens (primary N) is 1. The minimum absolute atomic E-state index is 0.111. The van der Waals surface area contributed by atoms with E-state index in [0.29, 0.717) is 24.4 Å². The van der Waals surface area contributed by atoms with Crippen molar-refractivity contribution in [1.29, 1.82) is 0 Å². The summed E-state index contributed by atoms with van der Waals surface area (Å²) in [6.45, 7) is 5.04. The van der Waals surface area contributed by atoms with Gasteiger partial charge in [-0.2, -0.15) is 0 Å². The quantitative estimate of drug-likeness (QED) is 0.662. The summed E-state index contributed by atoms with van der Waals surface area (Å²) in [5.74, 6) is 1.60. The molecule has 0 aromatic carbocycles. The first-order valence-corrected chi connectivity index (χ1v) is 10.6.